The van der Waals surface area contributed by atoms with Gasteiger partial charge in [0.2, 0.25) is 0 Å². The first-order valence-corrected chi connectivity index (χ1v) is 5.57. The van der Waals surface area contributed by atoms with Crippen molar-refractivity contribution in [2.24, 2.45) is 5.73 Å². The predicted octanol–water partition coefficient (Wildman–Crippen LogP) is 3.01. The number of nitrogens with two attached hydrogens (primary N) is 1. The molecule has 102 valence electrons. The number of ether oxygens (including phenoxy) is 2. The van der Waals surface area contributed by atoms with E-state index in [2.05, 4.69) is 4.74 Å². The summed E-state index contributed by atoms with van der Waals surface area (Å²) in [5.41, 5.74) is 6.15. The molecule has 2 unspecified atom stereocenters. The normalized spacial score (nSPS) is 15.2. The highest BCUT2D eigenvalue weighted by molar-refractivity contribution is 5.36. The Bertz CT molecular complexity index is 382. The van der Waals surface area contributed by atoms with E-state index in [1.165, 1.54) is 18.2 Å². The van der Waals surface area contributed by atoms with Crippen molar-refractivity contribution in [3.8, 4) is 5.75 Å². The average Bonchev–Trinajstić information content (AvgIpc) is 2.27. The molecule has 0 amide bonds. The van der Waals surface area contributed by atoms with Gasteiger partial charge in [0, 0.05) is 12.2 Å². The van der Waals surface area contributed by atoms with Crippen LogP contribution < -0.4 is 10.5 Å². The monoisotopic (exact) mass is 263 g/mol. The average molecular weight is 263 g/mol. The molecule has 0 fully saturated rings. The Balaban J connectivity index is 2.94. The topological polar surface area (TPSA) is 44.5 Å². The van der Waals surface area contributed by atoms with Crippen LogP contribution >= 0.6 is 0 Å². The lowest BCUT2D eigenvalue weighted by atomic mass is 10.0. The summed E-state index contributed by atoms with van der Waals surface area (Å²) in [7, 11) is 0. The fourth-order valence-corrected chi connectivity index (χ4v) is 1.59. The lowest BCUT2D eigenvalue weighted by Crippen LogP contribution is -2.28. The van der Waals surface area contributed by atoms with E-state index < -0.39 is 18.5 Å². The van der Waals surface area contributed by atoms with Gasteiger partial charge in [0.15, 0.2) is 0 Å². The van der Waals surface area contributed by atoms with Crippen molar-refractivity contribution in [2.45, 2.75) is 32.4 Å². The molecule has 1 aromatic carbocycles. The van der Waals surface area contributed by atoms with Crippen LogP contribution in [0.15, 0.2) is 24.3 Å². The summed E-state index contributed by atoms with van der Waals surface area (Å²) in [4.78, 5) is 0. The summed E-state index contributed by atoms with van der Waals surface area (Å²) >= 11 is 0. The maximum atomic E-state index is 12.2. The third-order valence-corrected chi connectivity index (χ3v) is 2.44. The zero-order chi connectivity index (χ0) is 13.8. The first-order chi connectivity index (χ1) is 8.35. The Labute approximate surface area is 104 Å². The molecule has 0 saturated carbocycles. The number of hydrogen-bond donors (Lipinski definition) is 1. The quantitative estimate of drug-likeness (QED) is 0.888. The van der Waals surface area contributed by atoms with Crippen molar-refractivity contribution >= 4 is 0 Å². The molecule has 1 rings (SSSR count). The van der Waals surface area contributed by atoms with Gasteiger partial charge in [-0.15, -0.1) is 13.2 Å². The molecule has 0 aromatic heterocycles. The van der Waals surface area contributed by atoms with Crippen LogP contribution in [0.25, 0.3) is 0 Å². The molecular weight excluding hydrogens is 247 g/mol. The molecule has 0 saturated heterocycles. The van der Waals surface area contributed by atoms with E-state index in [0.29, 0.717) is 6.61 Å². The molecule has 0 aliphatic rings. The van der Waals surface area contributed by atoms with Gasteiger partial charge in [0.05, 0.1) is 12.1 Å². The minimum atomic E-state index is -4.73. The molecule has 18 heavy (non-hydrogen) atoms. The Hall–Kier alpha value is -1.27. The molecular formula is C12H16F3NO2. The fraction of sp³-hybridized carbons (Fsp3) is 0.500. The Morgan fingerprint density at radius 2 is 1.89 bits per heavy atom. The van der Waals surface area contributed by atoms with E-state index in [-0.39, 0.29) is 11.3 Å². The van der Waals surface area contributed by atoms with Crippen LogP contribution in [0, 0.1) is 0 Å². The van der Waals surface area contributed by atoms with Gasteiger partial charge in [-0.05, 0) is 19.9 Å². The molecule has 1 aromatic rings. The van der Waals surface area contributed by atoms with Crippen molar-refractivity contribution in [3.05, 3.63) is 29.8 Å². The lowest BCUT2D eigenvalue weighted by molar-refractivity contribution is -0.275. The lowest BCUT2D eigenvalue weighted by Gasteiger charge is -2.22. The summed E-state index contributed by atoms with van der Waals surface area (Å²) in [5.74, 6) is -0.288. The van der Waals surface area contributed by atoms with Crippen molar-refractivity contribution in [3.63, 3.8) is 0 Å². The molecule has 0 aliphatic heterocycles. The van der Waals surface area contributed by atoms with E-state index >= 15 is 0 Å². The number of hydrogen-bond acceptors (Lipinski definition) is 3. The molecule has 0 heterocycles. The van der Waals surface area contributed by atoms with E-state index in [0.717, 1.165) is 0 Å². The van der Waals surface area contributed by atoms with Crippen LogP contribution in [0.5, 0.6) is 5.75 Å². The van der Waals surface area contributed by atoms with Gasteiger partial charge < -0.3 is 15.2 Å². The van der Waals surface area contributed by atoms with Crippen LogP contribution in [0.2, 0.25) is 0 Å². The summed E-state index contributed by atoms with van der Waals surface area (Å²) in [6, 6.07) is 5.13. The summed E-state index contributed by atoms with van der Waals surface area (Å²) in [6.45, 7) is 3.94. The van der Waals surface area contributed by atoms with Crippen molar-refractivity contribution in [2.75, 3.05) is 6.61 Å². The maximum Gasteiger partial charge on any atom is 0.573 e. The van der Waals surface area contributed by atoms with Crippen molar-refractivity contribution < 1.29 is 22.6 Å². The maximum absolute atomic E-state index is 12.2. The third-order valence-electron chi connectivity index (χ3n) is 2.44. The van der Waals surface area contributed by atoms with Crippen LogP contribution in [0.1, 0.15) is 25.5 Å². The first kappa shape index (κ1) is 14.8. The number of benzene rings is 1. The second-order valence-electron chi connectivity index (χ2n) is 3.77. The number of rotatable bonds is 5. The number of halogens is 3. The largest absolute Gasteiger partial charge is 0.573 e. The van der Waals surface area contributed by atoms with E-state index in [4.69, 9.17) is 10.5 Å². The van der Waals surface area contributed by atoms with Crippen LogP contribution in [-0.2, 0) is 4.74 Å². The molecule has 6 heteroatoms. The summed E-state index contributed by atoms with van der Waals surface area (Å²) in [6.07, 6.45) is -5.13. The molecule has 0 bridgehead atoms. The summed E-state index contributed by atoms with van der Waals surface area (Å²) < 4.78 is 45.9. The second-order valence-corrected chi connectivity index (χ2v) is 3.77. The van der Waals surface area contributed by atoms with E-state index in [1.807, 2.05) is 0 Å². The Morgan fingerprint density at radius 3 is 2.44 bits per heavy atom. The van der Waals surface area contributed by atoms with E-state index in [1.54, 1.807) is 19.9 Å². The van der Waals surface area contributed by atoms with Gasteiger partial charge in [-0.25, -0.2) is 0 Å². The van der Waals surface area contributed by atoms with Gasteiger partial charge in [0.1, 0.15) is 5.75 Å². The summed E-state index contributed by atoms with van der Waals surface area (Å²) in [5, 5.41) is 0. The van der Waals surface area contributed by atoms with Gasteiger partial charge >= 0.3 is 6.36 Å². The predicted molar refractivity (Wildman–Crippen MR) is 61.1 cm³/mol. The minimum Gasteiger partial charge on any atom is -0.405 e. The molecule has 0 aliphatic carbocycles. The van der Waals surface area contributed by atoms with Gasteiger partial charge in [-0.2, -0.15) is 0 Å². The Morgan fingerprint density at radius 1 is 1.28 bits per heavy atom. The van der Waals surface area contributed by atoms with Crippen molar-refractivity contribution in [1.29, 1.82) is 0 Å². The second kappa shape index (κ2) is 6.06. The van der Waals surface area contributed by atoms with Gasteiger partial charge in [-0.1, -0.05) is 18.2 Å². The third kappa shape index (κ3) is 4.19. The first-order valence-electron chi connectivity index (χ1n) is 5.57. The van der Waals surface area contributed by atoms with Crippen LogP contribution in [0.4, 0.5) is 13.2 Å². The standard InChI is InChI=1S/C12H16F3NO2/c1-3-17-8(2)11(16)9-6-4-5-7-10(9)18-12(13,14)15/h4-8,11H,3,16H2,1-2H3. The number of para-hydroxylation sites is 1. The Kier molecular flexibility index (Phi) is 4.98. The van der Waals surface area contributed by atoms with Crippen LogP contribution in [0.3, 0.4) is 0 Å². The highest BCUT2D eigenvalue weighted by Crippen LogP contribution is 2.31. The number of alkyl halides is 3. The zero-order valence-electron chi connectivity index (χ0n) is 10.2. The molecule has 2 N–H and O–H groups in total. The van der Waals surface area contributed by atoms with E-state index in [9.17, 15) is 13.2 Å². The van der Waals surface area contributed by atoms with Crippen molar-refractivity contribution in [1.82, 2.24) is 0 Å². The molecule has 0 radical (unpaired) electrons. The minimum absolute atomic E-state index is 0.274. The SMILES string of the molecule is CCOC(C)C(N)c1ccccc1OC(F)(F)F. The van der Waals surface area contributed by atoms with Crippen LogP contribution in [-0.4, -0.2) is 19.1 Å². The molecule has 2 atom stereocenters. The highest BCUT2D eigenvalue weighted by atomic mass is 19.4. The fourth-order valence-electron chi connectivity index (χ4n) is 1.59. The van der Waals surface area contributed by atoms with Gasteiger partial charge in [-0.3, -0.25) is 0 Å². The zero-order valence-corrected chi connectivity index (χ0v) is 10.2. The van der Waals surface area contributed by atoms with Gasteiger partial charge in [0.25, 0.3) is 0 Å². The smallest absolute Gasteiger partial charge is 0.405 e. The molecule has 0 spiro atoms. The molecule has 3 nitrogen and oxygen atoms in total. The highest BCUT2D eigenvalue weighted by Gasteiger charge is 2.33.